The highest BCUT2D eigenvalue weighted by Gasteiger charge is 2.22. The van der Waals surface area contributed by atoms with Gasteiger partial charge in [-0.2, -0.15) is 0 Å². The lowest BCUT2D eigenvalue weighted by molar-refractivity contribution is -0.128. The van der Waals surface area contributed by atoms with Crippen LogP contribution in [-0.2, 0) is 4.79 Å². The number of carbonyl (C=O) groups is 1. The van der Waals surface area contributed by atoms with Crippen LogP contribution in [0.15, 0.2) is 64.2 Å². The number of anilines is 1. The third-order valence-electron chi connectivity index (χ3n) is 4.80. The fraction of sp³-hybridized carbons (Fsp3) is 0.286. The van der Waals surface area contributed by atoms with E-state index in [0.717, 1.165) is 24.4 Å². The Labute approximate surface area is 173 Å². The summed E-state index contributed by atoms with van der Waals surface area (Å²) in [4.78, 5) is 16.8. The Bertz CT molecular complexity index is 955. The molecule has 0 bridgehead atoms. The second kappa shape index (κ2) is 9.00. The maximum absolute atomic E-state index is 12.6. The van der Waals surface area contributed by atoms with Crippen molar-refractivity contribution in [2.75, 3.05) is 43.9 Å². The number of hydrogen-bond donors (Lipinski definition) is 0. The number of nitrogens with zero attached hydrogens (tertiary/aromatic N) is 4. The van der Waals surface area contributed by atoms with Crippen molar-refractivity contribution in [3.63, 3.8) is 0 Å². The normalized spacial score (nSPS) is 14.1. The number of rotatable bonds is 6. The van der Waals surface area contributed by atoms with E-state index in [0.29, 0.717) is 24.2 Å². The van der Waals surface area contributed by atoms with Crippen LogP contribution in [0.5, 0.6) is 5.75 Å². The summed E-state index contributed by atoms with van der Waals surface area (Å²) in [6, 6.07) is 17.7. The van der Waals surface area contributed by atoms with Crippen molar-refractivity contribution in [1.82, 2.24) is 15.1 Å². The molecule has 8 heteroatoms. The van der Waals surface area contributed by atoms with Gasteiger partial charge in [-0.05, 0) is 30.3 Å². The highest BCUT2D eigenvalue weighted by atomic mass is 32.2. The maximum atomic E-state index is 12.6. The monoisotopic (exact) mass is 410 g/mol. The lowest BCUT2D eigenvalue weighted by atomic mass is 10.2. The molecule has 0 unspecified atom stereocenters. The molecule has 0 saturated carbocycles. The molecule has 1 amide bonds. The third kappa shape index (κ3) is 4.71. The molecule has 4 rings (SSSR count). The predicted molar refractivity (Wildman–Crippen MR) is 112 cm³/mol. The molecule has 0 spiro atoms. The zero-order chi connectivity index (χ0) is 20.1. The van der Waals surface area contributed by atoms with Gasteiger partial charge in [-0.3, -0.25) is 4.79 Å². The summed E-state index contributed by atoms with van der Waals surface area (Å²) in [6.07, 6.45) is 0. The lowest BCUT2D eigenvalue weighted by Gasteiger charge is -2.36. The Balaban J connectivity index is 1.29. The van der Waals surface area contributed by atoms with E-state index in [1.807, 2.05) is 47.4 Å². The van der Waals surface area contributed by atoms with Crippen LogP contribution in [0.1, 0.15) is 0 Å². The summed E-state index contributed by atoms with van der Waals surface area (Å²) in [7, 11) is 1.61. The fourth-order valence-corrected chi connectivity index (χ4v) is 3.87. The number of benzene rings is 2. The predicted octanol–water partition coefficient (Wildman–Crippen LogP) is 3.19. The van der Waals surface area contributed by atoms with Gasteiger partial charge in [0.15, 0.2) is 0 Å². The van der Waals surface area contributed by atoms with Crippen molar-refractivity contribution in [2.45, 2.75) is 5.22 Å². The van der Waals surface area contributed by atoms with E-state index in [2.05, 4.69) is 27.2 Å². The number of piperazine rings is 1. The van der Waals surface area contributed by atoms with Crippen molar-refractivity contribution >= 4 is 23.4 Å². The Hall–Kier alpha value is -3.00. The molecule has 0 atom stereocenters. The summed E-state index contributed by atoms with van der Waals surface area (Å²) < 4.78 is 10.9. The summed E-state index contributed by atoms with van der Waals surface area (Å²) in [5.41, 5.74) is 1.98. The number of carbonyl (C=O) groups excluding carboxylic acids is 1. The summed E-state index contributed by atoms with van der Waals surface area (Å²) in [5, 5.41) is 8.50. The first-order valence-electron chi connectivity index (χ1n) is 9.41. The molecule has 2 heterocycles. The Morgan fingerprint density at radius 1 is 1.07 bits per heavy atom. The highest BCUT2D eigenvalue weighted by molar-refractivity contribution is 7.99. The highest BCUT2D eigenvalue weighted by Crippen LogP contribution is 2.26. The first-order chi connectivity index (χ1) is 14.2. The molecule has 0 aliphatic carbocycles. The van der Waals surface area contributed by atoms with Crippen molar-refractivity contribution in [2.24, 2.45) is 0 Å². The van der Waals surface area contributed by atoms with E-state index in [4.69, 9.17) is 9.15 Å². The zero-order valence-electron chi connectivity index (χ0n) is 16.2. The number of methoxy groups -OCH3 is 1. The Morgan fingerprint density at radius 3 is 2.62 bits per heavy atom. The molecule has 0 radical (unpaired) electrons. The van der Waals surface area contributed by atoms with Crippen molar-refractivity contribution in [1.29, 1.82) is 0 Å². The van der Waals surface area contributed by atoms with Gasteiger partial charge in [-0.25, -0.2) is 0 Å². The minimum atomic E-state index is 0.0869. The van der Waals surface area contributed by atoms with Gasteiger partial charge in [-0.1, -0.05) is 36.0 Å². The molecule has 1 aliphatic rings. The van der Waals surface area contributed by atoms with E-state index >= 15 is 0 Å². The molecule has 1 saturated heterocycles. The summed E-state index contributed by atoms with van der Waals surface area (Å²) >= 11 is 1.27. The maximum Gasteiger partial charge on any atom is 0.277 e. The lowest BCUT2D eigenvalue weighted by Crippen LogP contribution is -2.49. The molecule has 2 aromatic carbocycles. The number of ether oxygens (including phenoxy) is 1. The van der Waals surface area contributed by atoms with Crippen LogP contribution in [0.2, 0.25) is 0 Å². The van der Waals surface area contributed by atoms with E-state index in [1.54, 1.807) is 7.11 Å². The molecule has 29 heavy (non-hydrogen) atoms. The number of aromatic nitrogens is 2. The molecule has 1 fully saturated rings. The van der Waals surface area contributed by atoms with Crippen LogP contribution in [0.3, 0.4) is 0 Å². The van der Waals surface area contributed by atoms with Crippen molar-refractivity contribution < 1.29 is 13.9 Å². The standard InChI is InChI=1S/C21H22N4O3S/c1-27-18-9-5-6-16(14-18)20-22-23-21(28-20)29-15-19(26)25-12-10-24(11-13-25)17-7-3-2-4-8-17/h2-9,14H,10-13,15H2,1H3. The summed E-state index contributed by atoms with van der Waals surface area (Å²) in [5.74, 6) is 1.50. The van der Waals surface area contributed by atoms with Gasteiger partial charge in [0.1, 0.15) is 5.75 Å². The number of amides is 1. The van der Waals surface area contributed by atoms with Crippen LogP contribution in [0.4, 0.5) is 5.69 Å². The smallest absolute Gasteiger partial charge is 0.277 e. The fourth-order valence-electron chi connectivity index (χ4n) is 3.21. The Kier molecular flexibility index (Phi) is 6.00. The number of para-hydroxylation sites is 1. The molecule has 150 valence electrons. The second-order valence-electron chi connectivity index (χ2n) is 6.60. The average molecular weight is 410 g/mol. The molecule has 1 aliphatic heterocycles. The van der Waals surface area contributed by atoms with Crippen LogP contribution in [-0.4, -0.2) is 60.0 Å². The van der Waals surface area contributed by atoms with Gasteiger partial charge in [0.25, 0.3) is 5.22 Å². The van der Waals surface area contributed by atoms with Crippen molar-refractivity contribution in [3.8, 4) is 17.2 Å². The first-order valence-corrected chi connectivity index (χ1v) is 10.4. The van der Waals surface area contributed by atoms with Crippen LogP contribution < -0.4 is 9.64 Å². The van der Waals surface area contributed by atoms with Crippen LogP contribution in [0, 0.1) is 0 Å². The quantitative estimate of drug-likeness (QED) is 0.578. The van der Waals surface area contributed by atoms with E-state index < -0.39 is 0 Å². The topological polar surface area (TPSA) is 71.7 Å². The third-order valence-corrected chi connectivity index (χ3v) is 5.60. The van der Waals surface area contributed by atoms with Crippen LogP contribution in [0.25, 0.3) is 11.5 Å². The van der Waals surface area contributed by atoms with Gasteiger partial charge >= 0.3 is 0 Å². The minimum absolute atomic E-state index is 0.0869. The molecule has 1 aromatic heterocycles. The molecule has 0 N–H and O–H groups in total. The minimum Gasteiger partial charge on any atom is -0.497 e. The number of thioether (sulfide) groups is 1. The summed E-state index contributed by atoms with van der Waals surface area (Å²) in [6.45, 7) is 3.10. The van der Waals surface area contributed by atoms with Gasteiger partial charge < -0.3 is 19.0 Å². The molecular formula is C21H22N4O3S. The van der Waals surface area contributed by atoms with Gasteiger partial charge in [0.2, 0.25) is 11.8 Å². The van der Waals surface area contributed by atoms with E-state index in [1.165, 1.54) is 17.4 Å². The van der Waals surface area contributed by atoms with E-state index in [-0.39, 0.29) is 11.7 Å². The molecular weight excluding hydrogens is 388 g/mol. The average Bonchev–Trinajstić information content (AvgIpc) is 3.27. The SMILES string of the molecule is COc1cccc(-c2nnc(SCC(=O)N3CCN(c4ccccc4)CC3)o2)c1. The number of hydrogen-bond acceptors (Lipinski definition) is 7. The largest absolute Gasteiger partial charge is 0.497 e. The van der Waals surface area contributed by atoms with Crippen molar-refractivity contribution in [3.05, 3.63) is 54.6 Å². The van der Waals surface area contributed by atoms with Gasteiger partial charge in [-0.15, -0.1) is 10.2 Å². The van der Waals surface area contributed by atoms with E-state index in [9.17, 15) is 4.79 Å². The second-order valence-corrected chi connectivity index (χ2v) is 7.52. The first kappa shape index (κ1) is 19.3. The van der Waals surface area contributed by atoms with Gasteiger partial charge in [0, 0.05) is 37.4 Å². The Morgan fingerprint density at radius 2 is 1.86 bits per heavy atom. The molecule has 3 aromatic rings. The molecule has 7 nitrogen and oxygen atoms in total. The zero-order valence-corrected chi connectivity index (χ0v) is 17.0. The van der Waals surface area contributed by atoms with Gasteiger partial charge in [0.05, 0.1) is 12.9 Å². The van der Waals surface area contributed by atoms with Crippen LogP contribution >= 0.6 is 11.8 Å².